The zero-order valence-corrected chi connectivity index (χ0v) is 13.6. The topological polar surface area (TPSA) is 39.1 Å². The van der Waals surface area contributed by atoms with Crippen molar-refractivity contribution < 1.29 is 4.74 Å². The van der Waals surface area contributed by atoms with Crippen LogP contribution in [0.3, 0.4) is 0 Å². The second-order valence-electron chi connectivity index (χ2n) is 6.80. The van der Waals surface area contributed by atoms with Gasteiger partial charge in [0.1, 0.15) is 0 Å². The van der Waals surface area contributed by atoms with E-state index in [1.807, 2.05) is 17.9 Å². The Morgan fingerprint density at radius 3 is 2.90 bits per heavy atom. The SMILES string of the molecule is CCNCC1CCC(C)(C)CC1c1c(OC)cnn1C. The van der Waals surface area contributed by atoms with Gasteiger partial charge in [-0.05, 0) is 43.7 Å². The molecule has 0 radical (unpaired) electrons. The average molecular weight is 279 g/mol. The molecule has 0 aliphatic heterocycles. The van der Waals surface area contributed by atoms with Crippen LogP contribution >= 0.6 is 0 Å². The summed E-state index contributed by atoms with van der Waals surface area (Å²) in [6.45, 7) is 9.06. The number of rotatable bonds is 5. The van der Waals surface area contributed by atoms with Crippen molar-refractivity contribution in [2.75, 3.05) is 20.2 Å². The first kappa shape index (κ1) is 15.4. The van der Waals surface area contributed by atoms with Gasteiger partial charge in [-0.2, -0.15) is 5.10 Å². The molecular weight excluding hydrogens is 250 g/mol. The van der Waals surface area contributed by atoms with Gasteiger partial charge in [0, 0.05) is 13.0 Å². The van der Waals surface area contributed by atoms with E-state index in [1.165, 1.54) is 25.0 Å². The summed E-state index contributed by atoms with van der Waals surface area (Å²) < 4.78 is 7.54. The third-order valence-electron chi connectivity index (χ3n) is 4.71. The maximum Gasteiger partial charge on any atom is 0.160 e. The quantitative estimate of drug-likeness (QED) is 0.900. The molecule has 2 atom stereocenters. The van der Waals surface area contributed by atoms with Crippen LogP contribution in [-0.4, -0.2) is 30.0 Å². The third-order valence-corrected chi connectivity index (χ3v) is 4.71. The lowest BCUT2D eigenvalue weighted by molar-refractivity contribution is 0.153. The molecule has 0 spiro atoms. The number of aromatic nitrogens is 2. The Morgan fingerprint density at radius 2 is 2.25 bits per heavy atom. The van der Waals surface area contributed by atoms with Gasteiger partial charge in [0.2, 0.25) is 0 Å². The fourth-order valence-electron chi connectivity index (χ4n) is 3.54. The maximum absolute atomic E-state index is 5.54. The van der Waals surface area contributed by atoms with E-state index in [-0.39, 0.29) is 0 Å². The van der Waals surface area contributed by atoms with Crippen LogP contribution in [0.15, 0.2) is 6.20 Å². The molecule has 1 aromatic rings. The van der Waals surface area contributed by atoms with Crippen molar-refractivity contribution in [2.45, 2.75) is 46.0 Å². The molecule has 0 saturated heterocycles. The van der Waals surface area contributed by atoms with Crippen LogP contribution in [0.25, 0.3) is 0 Å². The van der Waals surface area contributed by atoms with Gasteiger partial charge in [-0.15, -0.1) is 0 Å². The van der Waals surface area contributed by atoms with Crippen molar-refractivity contribution in [3.05, 3.63) is 11.9 Å². The Balaban J connectivity index is 2.28. The summed E-state index contributed by atoms with van der Waals surface area (Å²) in [5.74, 6) is 2.14. The van der Waals surface area contributed by atoms with E-state index in [0.717, 1.165) is 18.8 Å². The zero-order chi connectivity index (χ0) is 14.8. The van der Waals surface area contributed by atoms with Crippen molar-refractivity contribution >= 4 is 0 Å². The van der Waals surface area contributed by atoms with Crippen molar-refractivity contribution in [1.82, 2.24) is 15.1 Å². The number of methoxy groups -OCH3 is 1. The highest BCUT2D eigenvalue weighted by Crippen LogP contribution is 2.48. The molecule has 1 aromatic heterocycles. The Kier molecular flexibility index (Phi) is 4.74. The Hall–Kier alpha value is -1.03. The summed E-state index contributed by atoms with van der Waals surface area (Å²) in [6.07, 6.45) is 5.64. The summed E-state index contributed by atoms with van der Waals surface area (Å²) in [7, 11) is 3.78. The molecule has 0 amide bonds. The highest BCUT2D eigenvalue weighted by Gasteiger charge is 2.38. The van der Waals surface area contributed by atoms with Gasteiger partial charge in [-0.25, -0.2) is 0 Å². The van der Waals surface area contributed by atoms with Crippen LogP contribution < -0.4 is 10.1 Å². The van der Waals surface area contributed by atoms with Crippen molar-refractivity contribution in [1.29, 1.82) is 0 Å². The molecule has 2 rings (SSSR count). The Bertz CT molecular complexity index is 439. The summed E-state index contributed by atoms with van der Waals surface area (Å²) in [5.41, 5.74) is 1.67. The first-order chi connectivity index (χ1) is 9.48. The highest BCUT2D eigenvalue weighted by molar-refractivity contribution is 5.30. The Morgan fingerprint density at radius 1 is 1.50 bits per heavy atom. The first-order valence-electron chi connectivity index (χ1n) is 7.75. The molecule has 1 aliphatic rings. The smallest absolute Gasteiger partial charge is 0.160 e. The summed E-state index contributed by atoms with van der Waals surface area (Å²) in [6, 6.07) is 0. The van der Waals surface area contributed by atoms with Gasteiger partial charge in [-0.1, -0.05) is 20.8 Å². The molecule has 4 heteroatoms. The van der Waals surface area contributed by atoms with E-state index in [4.69, 9.17) is 4.74 Å². The molecule has 1 N–H and O–H groups in total. The standard InChI is InChI=1S/C16H29N3O/c1-6-17-10-12-7-8-16(2,3)9-13(12)15-14(20-5)11-18-19(15)4/h11-13,17H,6-10H2,1-5H3. The minimum Gasteiger partial charge on any atom is -0.493 e. The third kappa shape index (κ3) is 3.17. The van der Waals surface area contributed by atoms with Crippen LogP contribution in [0.1, 0.15) is 51.6 Å². The normalized spacial score (nSPS) is 25.6. The van der Waals surface area contributed by atoms with E-state index < -0.39 is 0 Å². The van der Waals surface area contributed by atoms with E-state index in [0.29, 0.717) is 17.3 Å². The number of hydrogen-bond acceptors (Lipinski definition) is 3. The predicted molar refractivity (Wildman–Crippen MR) is 82.2 cm³/mol. The van der Waals surface area contributed by atoms with Gasteiger partial charge >= 0.3 is 0 Å². The lowest BCUT2D eigenvalue weighted by Crippen LogP contribution is -2.35. The highest BCUT2D eigenvalue weighted by atomic mass is 16.5. The molecule has 2 unspecified atom stereocenters. The van der Waals surface area contributed by atoms with E-state index in [1.54, 1.807) is 7.11 Å². The van der Waals surface area contributed by atoms with Crippen molar-refractivity contribution in [2.24, 2.45) is 18.4 Å². The fourth-order valence-corrected chi connectivity index (χ4v) is 3.54. The lowest BCUT2D eigenvalue weighted by Gasteiger charge is -2.41. The number of nitrogens with zero attached hydrogens (tertiary/aromatic N) is 2. The molecule has 114 valence electrons. The molecule has 1 aliphatic carbocycles. The van der Waals surface area contributed by atoms with Gasteiger partial charge in [-0.3, -0.25) is 4.68 Å². The molecular formula is C16H29N3O. The second kappa shape index (κ2) is 6.17. The molecule has 1 fully saturated rings. The van der Waals surface area contributed by atoms with Crippen LogP contribution in [0.4, 0.5) is 0 Å². The van der Waals surface area contributed by atoms with E-state index in [2.05, 4.69) is 31.2 Å². The first-order valence-corrected chi connectivity index (χ1v) is 7.75. The number of aryl methyl sites for hydroxylation is 1. The van der Waals surface area contributed by atoms with Gasteiger partial charge in [0.15, 0.2) is 5.75 Å². The summed E-state index contributed by atoms with van der Waals surface area (Å²) >= 11 is 0. The average Bonchev–Trinajstić information content (AvgIpc) is 2.77. The predicted octanol–water partition coefficient (Wildman–Crippen LogP) is 2.95. The van der Waals surface area contributed by atoms with E-state index >= 15 is 0 Å². The Labute approximate surface area is 122 Å². The molecule has 0 aromatic carbocycles. The van der Waals surface area contributed by atoms with Crippen LogP contribution in [0.2, 0.25) is 0 Å². The minimum absolute atomic E-state index is 0.405. The van der Waals surface area contributed by atoms with Crippen LogP contribution in [0.5, 0.6) is 5.75 Å². The fraction of sp³-hybridized carbons (Fsp3) is 0.812. The van der Waals surface area contributed by atoms with E-state index in [9.17, 15) is 0 Å². The van der Waals surface area contributed by atoms with Gasteiger partial charge in [0.05, 0.1) is 19.0 Å². The lowest BCUT2D eigenvalue weighted by atomic mass is 9.66. The monoisotopic (exact) mass is 279 g/mol. The van der Waals surface area contributed by atoms with Gasteiger partial charge in [0.25, 0.3) is 0 Å². The number of nitrogens with one attached hydrogen (secondary N) is 1. The van der Waals surface area contributed by atoms with Crippen LogP contribution in [0, 0.1) is 11.3 Å². The zero-order valence-electron chi connectivity index (χ0n) is 13.6. The second-order valence-corrected chi connectivity index (χ2v) is 6.80. The largest absolute Gasteiger partial charge is 0.493 e. The summed E-state index contributed by atoms with van der Waals surface area (Å²) in [4.78, 5) is 0. The number of ether oxygens (including phenoxy) is 1. The molecule has 0 bridgehead atoms. The van der Waals surface area contributed by atoms with Crippen molar-refractivity contribution in [3.63, 3.8) is 0 Å². The van der Waals surface area contributed by atoms with Crippen LogP contribution in [-0.2, 0) is 7.05 Å². The maximum atomic E-state index is 5.54. The summed E-state index contributed by atoms with van der Waals surface area (Å²) in [5, 5.41) is 7.92. The molecule has 1 heterocycles. The molecule has 4 nitrogen and oxygen atoms in total. The van der Waals surface area contributed by atoms with Gasteiger partial charge < -0.3 is 10.1 Å². The molecule has 1 saturated carbocycles. The molecule has 20 heavy (non-hydrogen) atoms. The van der Waals surface area contributed by atoms with Crippen molar-refractivity contribution in [3.8, 4) is 5.75 Å². The minimum atomic E-state index is 0.405. The number of hydrogen-bond donors (Lipinski definition) is 1.